The minimum absolute atomic E-state index is 0.0359. The van der Waals surface area contributed by atoms with Crippen LogP contribution in [0.1, 0.15) is 86.4 Å². The summed E-state index contributed by atoms with van der Waals surface area (Å²) in [6.07, 6.45) is 5.98. The summed E-state index contributed by atoms with van der Waals surface area (Å²) in [7, 11) is -1.65. The number of halogens is 16. The number of hydrogen-bond acceptors (Lipinski definition) is 17. The van der Waals surface area contributed by atoms with Crippen LogP contribution in [0.3, 0.4) is 0 Å². The number of piperidine rings is 1. The highest BCUT2D eigenvalue weighted by Crippen LogP contribution is 2.31. The molecule has 0 aromatic heterocycles. The van der Waals surface area contributed by atoms with Gasteiger partial charge in [0.05, 0.1) is 38.0 Å². The molecule has 2 amide bonds. The number of carbonyl (C=O) groups is 4. The summed E-state index contributed by atoms with van der Waals surface area (Å²) in [5, 5.41) is 50.5. The van der Waals surface area contributed by atoms with Gasteiger partial charge in [0, 0.05) is 140 Å². The van der Waals surface area contributed by atoms with Crippen LogP contribution in [0.2, 0.25) is 0 Å². The van der Waals surface area contributed by atoms with Crippen LogP contribution >= 0.6 is 120 Å². The number of aliphatic hydroxyl groups excluding tert-OH is 2. The molecule has 2 fully saturated rings. The molecular formula is C58H48Br4Cl2F9IN4O17S4. The number of sulfonamides is 1. The van der Waals surface area contributed by atoms with E-state index in [1.54, 1.807) is 46.9 Å². The van der Waals surface area contributed by atoms with E-state index in [-0.39, 0.29) is 84.1 Å². The molecule has 0 bridgehead atoms. The Balaban J connectivity index is 0.000000323. The first-order valence-electron chi connectivity index (χ1n) is 26.8. The molecule has 538 valence electrons. The smallest absolute Gasteiger partial charge is 0.335 e. The number of amides is 2. The topological polar surface area (TPSA) is 344 Å². The number of carbonyl (C=O) groups excluding carboxylic acids is 2. The second-order valence-corrected chi connectivity index (χ2v) is 32.0. The maximum Gasteiger partial charge on any atom is 0.335 e. The second kappa shape index (κ2) is 40.9. The lowest BCUT2D eigenvalue weighted by molar-refractivity contribution is -0.446. The number of anilines is 3. The number of nitrogens with one attached hydrogen (secondary N) is 2. The Bertz CT molecular complexity index is 4350. The van der Waals surface area contributed by atoms with E-state index >= 15 is 0 Å². The van der Waals surface area contributed by atoms with E-state index < -0.39 is 110 Å². The molecule has 2 aliphatic rings. The van der Waals surface area contributed by atoms with Crippen molar-refractivity contribution in [2.45, 2.75) is 71.8 Å². The molecule has 1 aliphatic heterocycles. The summed E-state index contributed by atoms with van der Waals surface area (Å²) in [5.41, 5.74) is 4.18. The highest BCUT2D eigenvalue weighted by molar-refractivity contribution is 14.1. The number of hydrogen-bond donors (Lipinski definition) is 8. The average molecular weight is 1890 g/mol. The molecule has 7 aromatic rings. The Morgan fingerprint density at radius 3 is 1.16 bits per heavy atom. The predicted molar refractivity (Wildman–Crippen MR) is 370 cm³/mol. The zero-order valence-electron chi connectivity index (χ0n) is 49.3. The molecule has 0 radical (unpaired) electrons. The molecule has 1 heterocycles. The van der Waals surface area contributed by atoms with Crippen LogP contribution in [-0.4, -0.2) is 107 Å². The van der Waals surface area contributed by atoms with Gasteiger partial charge in [-0.05, 0) is 170 Å². The summed E-state index contributed by atoms with van der Waals surface area (Å²) in [4.78, 5) is 48.3. The highest BCUT2D eigenvalue weighted by atomic mass is 127. The zero-order valence-corrected chi connectivity index (χ0v) is 62.6. The molecule has 0 atom stereocenters. The minimum Gasteiger partial charge on any atom is -0.478 e. The number of aromatic carboxylic acids is 2. The summed E-state index contributed by atoms with van der Waals surface area (Å²) < 4.78 is 188. The number of nitrogens with zero attached hydrogens (tertiary/aromatic N) is 1. The molecule has 7 aromatic carbocycles. The van der Waals surface area contributed by atoms with Crippen molar-refractivity contribution in [3.8, 4) is 0 Å². The molecule has 0 unspecified atom stereocenters. The van der Waals surface area contributed by atoms with Crippen molar-refractivity contribution < 1.29 is 120 Å². The number of nitrogen functional groups attached to an aromatic ring is 1. The summed E-state index contributed by atoms with van der Waals surface area (Å²) in [6.45, 7) is 0.279. The number of thiocarbonyl (C=S) groups is 1. The monoisotopic (exact) mass is 1880 g/mol. The molecule has 0 spiro atoms. The standard InChI is InChI=1S/C18H16BrF3N2O4S.C13H6BrClF3NO3S.C7H4BrClO4S.C7H5BrO2.C6H4F3N.C6H12O.CHIO3S/c19-13-2-1-10(18(26)23-11-8-14(20)17(22)15(21)9-11)7-16(13)29(27,28)24-5-3-12(25)4-6-24;14-8-2-1-6(3-11(8)23(15,21)22)13(20)19-7-4-9(16)12(18)10(17)5-7;8-5-2-1-4(7(10)11)3-6(5)14(9,12)13;8-6-3-1-5(2-4-6)7(9)10;7-4-1-3(10)2-5(8)6(4)9;7-6-4-2-1-3-5-6;2-1(6)4-5-3/h1-2,7-9,12,25H,3-6H2,(H,23,26);1-5H,(H,19,20);1-3H,(H,10,11);1-4H,(H,9,10);1-2H,10H2;6-7H,1-5H2;3H. The number of rotatable bonds is 11. The van der Waals surface area contributed by atoms with Crippen LogP contribution in [0.4, 0.5) is 56.6 Å². The number of aliphatic hydroxyl groups is 2. The molecule has 1 saturated heterocycles. The van der Waals surface area contributed by atoms with Crippen molar-refractivity contribution in [3.05, 3.63) is 208 Å². The largest absolute Gasteiger partial charge is 0.478 e. The van der Waals surface area contributed by atoms with Crippen LogP contribution in [0.25, 0.3) is 0 Å². The second-order valence-electron chi connectivity index (χ2n) is 19.5. The van der Waals surface area contributed by atoms with Crippen LogP contribution in [0.15, 0.2) is 148 Å². The van der Waals surface area contributed by atoms with Gasteiger partial charge in [0.15, 0.2) is 52.4 Å². The van der Waals surface area contributed by atoms with Crippen LogP contribution < -0.4 is 16.4 Å². The first-order valence-corrected chi connectivity index (χ1v) is 37.6. The highest BCUT2D eigenvalue weighted by Gasteiger charge is 2.31. The molecule has 9 N–H and O–H groups in total. The van der Waals surface area contributed by atoms with Gasteiger partial charge >= 0.3 is 11.9 Å². The Morgan fingerprint density at radius 2 is 0.838 bits per heavy atom. The van der Waals surface area contributed by atoms with Gasteiger partial charge in [-0.1, -0.05) is 35.2 Å². The Labute approximate surface area is 619 Å². The van der Waals surface area contributed by atoms with Gasteiger partial charge in [-0.25, -0.2) is 79.6 Å². The first kappa shape index (κ1) is 87.6. The van der Waals surface area contributed by atoms with Gasteiger partial charge in [-0.2, -0.15) is 4.31 Å². The molecule has 21 nitrogen and oxygen atoms in total. The fourth-order valence-corrected chi connectivity index (χ4v) is 14.7. The van der Waals surface area contributed by atoms with Gasteiger partial charge in [-0.15, -0.1) is 0 Å². The molecule has 9 rings (SSSR count). The third-order valence-electron chi connectivity index (χ3n) is 12.4. The third kappa shape index (κ3) is 29.3. The normalized spacial score (nSPS) is 13.1. The summed E-state index contributed by atoms with van der Waals surface area (Å²) in [5.74, 6) is -17.0. The average Bonchev–Trinajstić information content (AvgIpc) is 0.790. The number of carboxylic acids is 2. The predicted octanol–water partition coefficient (Wildman–Crippen LogP) is 15.7. The van der Waals surface area contributed by atoms with Crippen LogP contribution in [-0.2, 0) is 38.1 Å². The molecule has 99 heavy (non-hydrogen) atoms. The van der Waals surface area contributed by atoms with E-state index in [1.807, 2.05) is 0 Å². The lowest BCUT2D eigenvalue weighted by Crippen LogP contribution is -2.40. The van der Waals surface area contributed by atoms with E-state index in [2.05, 4.69) is 96.5 Å². The Hall–Kier alpha value is -5.64. The van der Waals surface area contributed by atoms with Gasteiger partial charge < -0.3 is 36.8 Å². The van der Waals surface area contributed by atoms with Crippen molar-refractivity contribution in [1.82, 2.24) is 4.31 Å². The SMILES string of the molecule is Nc1cc(F)c(F)c(F)c1.O=C(Nc1cc(F)c(F)c(F)c1)c1ccc(Br)c(S(=O)(=O)Cl)c1.O=C(Nc1cc(F)c(F)c(F)c1)c1ccc(Br)c(S(=O)(=O)N2CCC(O)CC2)c1.O=C(O)c1ccc(Br)c(S(=O)(=O)Cl)c1.O=C(O)c1ccc(Br)cc1.OC1CCCCC1.OOOC(=S)I. The molecular weight excluding hydrogens is 1840 g/mol. The van der Waals surface area contributed by atoms with Crippen molar-refractivity contribution in [1.29, 1.82) is 0 Å². The van der Waals surface area contributed by atoms with E-state index in [0.29, 0.717) is 42.7 Å². The van der Waals surface area contributed by atoms with Gasteiger partial charge in [0.2, 0.25) is 10.0 Å². The van der Waals surface area contributed by atoms with E-state index in [0.717, 1.165) is 47.6 Å². The number of benzene rings is 7. The fraction of sp³-hybridized carbons (Fsp3) is 0.190. The van der Waals surface area contributed by atoms with Crippen LogP contribution in [0, 0.1) is 52.4 Å². The molecule has 1 saturated carbocycles. The van der Waals surface area contributed by atoms with Crippen molar-refractivity contribution in [2.75, 3.05) is 29.5 Å². The maximum absolute atomic E-state index is 13.3. The quantitative estimate of drug-likeness (QED) is 0.00871. The lowest BCUT2D eigenvalue weighted by Gasteiger charge is -2.29. The lowest BCUT2D eigenvalue weighted by atomic mass is 9.98. The number of carboxylic acid groups (broad SMARTS) is 2. The third-order valence-corrected chi connectivity index (χ3v) is 20.7. The zero-order chi connectivity index (χ0) is 75.0. The minimum atomic E-state index is -4.11. The molecule has 1 aliphatic carbocycles. The summed E-state index contributed by atoms with van der Waals surface area (Å²) >= 11 is 18.2. The van der Waals surface area contributed by atoms with E-state index in [1.165, 1.54) is 60.0 Å². The van der Waals surface area contributed by atoms with Crippen molar-refractivity contribution >= 4 is 192 Å². The maximum atomic E-state index is 13.3. The van der Waals surface area contributed by atoms with Gasteiger partial charge in [0.25, 0.3) is 33.0 Å². The van der Waals surface area contributed by atoms with E-state index in [4.69, 9.17) is 47.7 Å². The summed E-state index contributed by atoms with van der Waals surface area (Å²) in [6, 6.07) is 21.3. The molecule has 41 heteroatoms. The Kier molecular flexibility index (Phi) is 36.1. The van der Waals surface area contributed by atoms with Crippen molar-refractivity contribution in [3.63, 3.8) is 0 Å². The van der Waals surface area contributed by atoms with Gasteiger partial charge in [-0.3, -0.25) is 14.5 Å². The first-order chi connectivity index (χ1) is 46.0. The van der Waals surface area contributed by atoms with E-state index in [9.17, 15) is 89.1 Å². The number of nitrogens with two attached hydrogens (primary N) is 1. The Morgan fingerprint density at radius 1 is 0.515 bits per heavy atom. The fourth-order valence-electron chi connectivity index (χ4n) is 7.66. The van der Waals surface area contributed by atoms with Crippen LogP contribution in [0.5, 0.6) is 0 Å². The van der Waals surface area contributed by atoms with Crippen molar-refractivity contribution in [2.24, 2.45) is 0 Å². The van der Waals surface area contributed by atoms with Gasteiger partial charge in [0.1, 0.15) is 0 Å².